The molecule has 0 bridgehead atoms. The molecule has 4 aromatic heterocycles. The Balaban J connectivity index is 1.27. The SMILES string of the molecule is Clc1nc(-n2c3ccccc3c3ccccc32)nc(-n2c3ccccc3c3ccc(-n4c5ccccc5c5ccccc54)cc32)n1. The highest BCUT2D eigenvalue weighted by Gasteiger charge is 2.20. The van der Waals surface area contributed by atoms with Crippen LogP contribution in [0.4, 0.5) is 0 Å². The molecule has 0 radical (unpaired) electrons. The number of aromatic nitrogens is 6. The maximum atomic E-state index is 6.74. The smallest absolute Gasteiger partial charge is 0.240 e. The van der Waals surface area contributed by atoms with Crippen molar-refractivity contribution in [2.75, 3.05) is 0 Å². The molecule has 0 aliphatic rings. The van der Waals surface area contributed by atoms with Crippen molar-refractivity contribution >= 4 is 77.0 Å². The van der Waals surface area contributed by atoms with Gasteiger partial charge < -0.3 is 4.57 Å². The molecule has 7 heteroatoms. The molecule has 4 heterocycles. The molecule has 6 nitrogen and oxygen atoms in total. The maximum Gasteiger partial charge on any atom is 0.240 e. The van der Waals surface area contributed by atoms with Crippen molar-refractivity contribution in [1.29, 1.82) is 0 Å². The summed E-state index contributed by atoms with van der Waals surface area (Å²) in [6.07, 6.45) is 0. The lowest BCUT2D eigenvalue weighted by atomic mass is 10.1. The molecule has 0 aliphatic heterocycles. The molecule has 216 valence electrons. The average molecular weight is 611 g/mol. The van der Waals surface area contributed by atoms with Gasteiger partial charge in [-0.05, 0) is 54.1 Å². The van der Waals surface area contributed by atoms with Gasteiger partial charge in [-0.25, -0.2) is 0 Å². The van der Waals surface area contributed by atoms with E-state index in [1.54, 1.807) is 0 Å². The van der Waals surface area contributed by atoms with Gasteiger partial charge in [-0.15, -0.1) is 0 Å². The number of benzene rings is 6. The van der Waals surface area contributed by atoms with E-state index in [0.29, 0.717) is 11.9 Å². The number of para-hydroxylation sites is 5. The predicted molar refractivity (Wildman–Crippen MR) is 188 cm³/mol. The van der Waals surface area contributed by atoms with Crippen LogP contribution in [0.2, 0.25) is 5.28 Å². The van der Waals surface area contributed by atoms with E-state index in [-0.39, 0.29) is 5.28 Å². The van der Waals surface area contributed by atoms with Crippen LogP contribution in [-0.4, -0.2) is 28.7 Å². The first-order chi connectivity index (χ1) is 22.7. The first-order valence-electron chi connectivity index (χ1n) is 15.2. The van der Waals surface area contributed by atoms with Crippen molar-refractivity contribution in [1.82, 2.24) is 28.7 Å². The van der Waals surface area contributed by atoms with E-state index >= 15 is 0 Å². The molecule has 0 aliphatic carbocycles. The van der Waals surface area contributed by atoms with Gasteiger partial charge in [-0.1, -0.05) is 97.1 Å². The molecule has 0 unspecified atom stereocenters. The largest absolute Gasteiger partial charge is 0.309 e. The summed E-state index contributed by atoms with van der Waals surface area (Å²) in [5.41, 5.74) is 7.35. The Morgan fingerprint density at radius 2 is 0.696 bits per heavy atom. The minimum absolute atomic E-state index is 0.131. The Morgan fingerprint density at radius 3 is 1.13 bits per heavy atom. The summed E-state index contributed by atoms with van der Waals surface area (Å²) in [4.78, 5) is 14.5. The summed E-state index contributed by atoms with van der Waals surface area (Å²) in [6.45, 7) is 0. The van der Waals surface area contributed by atoms with Gasteiger partial charge in [0.05, 0.1) is 33.1 Å². The van der Waals surface area contributed by atoms with Crippen LogP contribution in [0.3, 0.4) is 0 Å². The third-order valence-corrected chi connectivity index (χ3v) is 9.23. The second-order valence-electron chi connectivity index (χ2n) is 11.5. The first-order valence-corrected chi connectivity index (χ1v) is 15.5. The molecular formula is C39H23ClN6. The monoisotopic (exact) mass is 610 g/mol. The number of rotatable bonds is 3. The molecule has 0 atom stereocenters. The molecule has 0 N–H and O–H groups in total. The van der Waals surface area contributed by atoms with Crippen LogP contribution in [-0.2, 0) is 0 Å². The summed E-state index contributed by atoms with van der Waals surface area (Å²) in [5, 5.41) is 7.05. The molecule has 6 aromatic carbocycles. The highest BCUT2D eigenvalue weighted by atomic mass is 35.5. The second-order valence-corrected chi connectivity index (χ2v) is 11.8. The van der Waals surface area contributed by atoms with Crippen LogP contribution >= 0.6 is 11.6 Å². The number of nitrogens with zero attached hydrogens (tertiary/aromatic N) is 6. The van der Waals surface area contributed by atoms with Gasteiger partial charge in [0, 0.05) is 38.0 Å². The zero-order valence-corrected chi connectivity index (χ0v) is 25.1. The van der Waals surface area contributed by atoms with E-state index in [4.69, 9.17) is 21.6 Å². The van der Waals surface area contributed by atoms with Crippen LogP contribution in [0.25, 0.3) is 83.0 Å². The fourth-order valence-corrected chi connectivity index (χ4v) is 7.33. The normalized spacial score (nSPS) is 12.0. The van der Waals surface area contributed by atoms with Crippen LogP contribution < -0.4 is 0 Å². The summed E-state index contributed by atoms with van der Waals surface area (Å²) in [7, 11) is 0. The van der Waals surface area contributed by atoms with Crippen molar-refractivity contribution in [3.05, 3.63) is 145 Å². The van der Waals surface area contributed by atoms with E-state index in [1.807, 2.05) is 18.2 Å². The fraction of sp³-hybridized carbons (Fsp3) is 0. The zero-order valence-electron chi connectivity index (χ0n) is 24.3. The highest BCUT2D eigenvalue weighted by Crippen LogP contribution is 2.37. The number of halogens is 1. The van der Waals surface area contributed by atoms with Gasteiger partial charge in [0.25, 0.3) is 0 Å². The Hall–Kier alpha value is -5.98. The Kier molecular flexibility index (Phi) is 5.24. The number of hydrogen-bond donors (Lipinski definition) is 0. The second kappa shape index (κ2) is 9.51. The Bertz CT molecular complexity index is 2730. The minimum Gasteiger partial charge on any atom is -0.309 e. The van der Waals surface area contributed by atoms with Crippen molar-refractivity contribution in [2.24, 2.45) is 0 Å². The third kappa shape index (κ3) is 3.50. The van der Waals surface area contributed by atoms with Crippen molar-refractivity contribution < 1.29 is 0 Å². The zero-order chi connectivity index (χ0) is 30.4. The molecule has 46 heavy (non-hydrogen) atoms. The topological polar surface area (TPSA) is 53.5 Å². The molecule has 0 amide bonds. The molecule has 0 saturated heterocycles. The van der Waals surface area contributed by atoms with Crippen LogP contribution in [0.15, 0.2) is 140 Å². The lowest BCUT2D eigenvalue weighted by Gasteiger charge is -2.12. The van der Waals surface area contributed by atoms with Crippen molar-refractivity contribution in [3.63, 3.8) is 0 Å². The molecule has 0 saturated carbocycles. The summed E-state index contributed by atoms with van der Waals surface area (Å²) < 4.78 is 6.50. The quantitative estimate of drug-likeness (QED) is 0.200. The van der Waals surface area contributed by atoms with Gasteiger partial charge >= 0.3 is 0 Å². The molecule has 0 spiro atoms. The fourth-order valence-electron chi connectivity index (χ4n) is 7.18. The molecular weight excluding hydrogens is 588 g/mol. The standard InChI is InChI=1S/C39H23ClN6/c40-37-41-38(45-33-18-8-3-13-27(33)28-14-4-9-19-34(28)45)43-39(42-37)46-35-20-10-5-15-29(35)30-22-21-24(23-36(30)46)44-31-16-6-1-11-25(31)26-12-2-7-17-32(26)44/h1-23H. The highest BCUT2D eigenvalue weighted by molar-refractivity contribution is 6.28. The van der Waals surface area contributed by atoms with Gasteiger partial charge in [-0.2, -0.15) is 15.0 Å². The lowest BCUT2D eigenvalue weighted by Crippen LogP contribution is -2.09. The van der Waals surface area contributed by atoms with Gasteiger partial charge in [0.15, 0.2) is 0 Å². The van der Waals surface area contributed by atoms with E-state index in [2.05, 4.69) is 140 Å². The van der Waals surface area contributed by atoms with Crippen LogP contribution in [0, 0.1) is 0 Å². The predicted octanol–water partition coefficient (Wildman–Crippen LogP) is 9.82. The Morgan fingerprint density at radius 1 is 0.348 bits per heavy atom. The van der Waals surface area contributed by atoms with Gasteiger partial charge in [0.2, 0.25) is 17.2 Å². The lowest BCUT2D eigenvalue weighted by molar-refractivity contribution is 0.887. The maximum absolute atomic E-state index is 6.74. The number of hydrogen-bond acceptors (Lipinski definition) is 3. The molecule has 0 fully saturated rings. The van der Waals surface area contributed by atoms with Crippen LogP contribution in [0.5, 0.6) is 0 Å². The van der Waals surface area contributed by atoms with Crippen molar-refractivity contribution in [2.45, 2.75) is 0 Å². The number of fused-ring (bicyclic) bond motifs is 9. The van der Waals surface area contributed by atoms with Gasteiger partial charge in [0.1, 0.15) is 0 Å². The third-order valence-electron chi connectivity index (χ3n) is 9.06. The molecule has 10 rings (SSSR count). The summed E-state index contributed by atoms with van der Waals surface area (Å²) in [6, 6.07) is 48.7. The van der Waals surface area contributed by atoms with E-state index in [1.165, 1.54) is 10.8 Å². The van der Waals surface area contributed by atoms with E-state index < -0.39 is 0 Å². The van der Waals surface area contributed by atoms with E-state index in [9.17, 15) is 0 Å². The molecule has 10 aromatic rings. The first kappa shape index (κ1) is 25.4. The Labute approximate surface area is 267 Å². The van der Waals surface area contributed by atoms with Crippen LogP contribution in [0.1, 0.15) is 0 Å². The average Bonchev–Trinajstić information content (AvgIpc) is 3.73. The summed E-state index contributed by atoms with van der Waals surface area (Å²) in [5.74, 6) is 0.930. The van der Waals surface area contributed by atoms with E-state index in [0.717, 1.165) is 60.3 Å². The summed E-state index contributed by atoms with van der Waals surface area (Å²) >= 11 is 6.74. The van der Waals surface area contributed by atoms with Crippen molar-refractivity contribution in [3.8, 4) is 17.6 Å². The minimum atomic E-state index is 0.131. The van der Waals surface area contributed by atoms with Gasteiger partial charge in [-0.3, -0.25) is 9.13 Å².